The Morgan fingerprint density at radius 1 is 0.605 bits per heavy atom. The van der Waals surface area contributed by atoms with Crippen LogP contribution in [0.1, 0.15) is 98.3 Å². The summed E-state index contributed by atoms with van der Waals surface area (Å²) in [5, 5.41) is 55.7. The van der Waals surface area contributed by atoms with Crippen LogP contribution in [0.15, 0.2) is 56.6 Å². The molecule has 4 atom stereocenters. The molecule has 35 heteroatoms. The van der Waals surface area contributed by atoms with E-state index in [0.29, 0.717) is 6.08 Å². The summed E-state index contributed by atoms with van der Waals surface area (Å²) >= 11 is 0. The summed E-state index contributed by atoms with van der Waals surface area (Å²) in [6.45, 7) is 4.58. The first-order valence-corrected chi connectivity index (χ1v) is 27.0. The average molecular weight is 1210 g/mol. The highest BCUT2D eigenvalue weighted by atomic mass is 16.4. The number of guanidine groups is 2. The number of carboxylic acid groups (broad SMARTS) is 2. The van der Waals surface area contributed by atoms with Crippen LogP contribution in [0.2, 0.25) is 0 Å². The molecule has 0 aromatic carbocycles. The number of amides is 12. The highest BCUT2D eigenvalue weighted by molar-refractivity contribution is 6.37. The van der Waals surface area contributed by atoms with Gasteiger partial charge in [-0.05, 0) is 76.7 Å². The third-order valence-electron chi connectivity index (χ3n) is 12.0. The van der Waals surface area contributed by atoms with Gasteiger partial charge < -0.3 is 96.9 Å². The number of nitrogens with zero attached hydrogens (tertiary/aromatic N) is 2. The number of unbranched alkanes of at least 4 members (excludes halogenated alkanes) is 2. The maximum Gasteiger partial charge on any atom is 0.330 e. The molecule has 12 amide bonds. The molecule has 0 aromatic rings. The summed E-state index contributed by atoms with van der Waals surface area (Å²) in [7, 11) is 0. The van der Waals surface area contributed by atoms with Gasteiger partial charge in [-0.2, -0.15) is 0 Å². The first-order valence-electron chi connectivity index (χ1n) is 27.0. The maximum atomic E-state index is 13.7. The lowest BCUT2D eigenvalue weighted by atomic mass is 10.0. The van der Waals surface area contributed by atoms with Crippen LogP contribution in [0.4, 0.5) is 0 Å². The molecular weight excluding hydrogens is 1130 g/mol. The molecule has 0 saturated carbocycles. The van der Waals surface area contributed by atoms with Crippen LogP contribution in [0, 0.1) is 11.3 Å². The van der Waals surface area contributed by atoms with Crippen LogP contribution < -0.4 is 86.7 Å². The Balaban J connectivity index is 2.12. The quantitative estimate of drug-likeness (QED) is 0.0185. The molecule has 0 aromatic heterocycles. The Labute approximate surface area is 492 Å². The van der Waals surface area contributed by atoms with E-state index >= 15 is 0 Å². The molecule has 0 bridgehead atoms. The van der Waals surface area contributed by atoms with Gasteiger partial charge in [-0.25, -0.2) is 4.79 Å². The largest absolute Gasteiger partial charge is 0.481 e. The topological polar surface area (TPSA) is 576 Å². The van der Waals surface area contributed by atoms with E-state index in [1.165, 1.54) is 26.0 Å². The van der Waals surface area contributed by atoms with Crippen LogP contribution in [0.5, 0.6) is 0 Å². The third kappa shape index (κ3) is 27.7. The van der Waals surface area contributed by atoms with Crippen LogP contribution in [-0.2, 0) is 67.1 Å². The molecule has 23 N–H and O–H groups in total. The van der Waals surface area contributed by atoms with Crippen molar-refractivity contribution in [3.8, 4) is 0 Å². The summed E-state index contributed by atoms with van der Waals surface area (Å²) in [6, 6.07) is -5.78. The third-order valence-corrected chi connectivity index (χ3v) is 12.0. The Kier molecular flexibility index (Phi) is 31.0. The van der Waals surface area contributed by atoms with Gasteiger partial charge >= 0.3 is 11.9 Å². The first kappa shape index (κ1) is 71.9. The molecule has 2 saturated heterocycles. The summed E-state index contributed by atoms with van der Waals surface area (Å²) in [5.41, 5.74) is 19.3. The predicted molar refractivity (Wildman–Crippen MR) is 305 cm³/mol. The Morgan fingerprint density at radius 3 is 1.86 bits per heavy atom. The lowest BCUT2D eigenvalue weighted by molar-refractivity contribution is -0.141. The van der Waals surface area contributed by atoms with E-state index < -0.39 is 150 Å². The monoisotopic (exact) mass is 1210 g/mol. The standard InChI is InChI=1S/C51H77N19O16/c1-25(2)39-48(85)65-30(44(81)67-32(21-37(74)75)42(79)61-23-35(72)63-28(46(83)69-39)13-9-19-59-50(53)54)11-5-7-17-57-34(71)16-15-27(52)41(78)58-18-8-6-12-31-45(82)68-33(22-38(76)77)43(80)62-24-36(73)64-29(14-10-20-60-51(55)56)47(84)70-40(26(3)4)49(86)66-31/h11,13,21,25,29,31,33,39,52H,5-10,12,14-20,22-24H2,1-4H3,(H,57,71)(H,58,78)(H,61,79)(H,62,80)(H,63,72)(H,64,73)(H,65,85)(H,66,86)(H,67,81)(H,68,82)(H,69,83)(H,70,84)(H,74,75)(H,76,77)(H4,53,54,59)(H4,55,56,60)/b28-13+,30-11+,32-21-,52-27?/t29-,31?,33-,39+/m1/s1. The number of rotatable bonds is 24. The van der Waals surface area contributed by atoms with E-state index in [4.69, 9.17) is 28.3 Å². The zero-order chi connectivity index (χ0) is 64.6. The normalized spacial score (nSPS) is 20.2. The number of carboxylic acids is 2. The lowest BCUT2D eigenvalue weighted by Gasteiger charge is -2.23. The van der Waals surface area contributed by atoms with E-state index in [-0.39, 0.29) is 119 Å². The molecule has 0 radical (unpaired) electrons. The van der Waals surface area contributed by atoms with Crippen LogP contribution in [0.25, 0.3) is 0 Å². The number of nitrogens with two attached hydrogens (primary N) is 4. The van der Waals surface area contributed by atoms with Gasteiger partial charge in [0, 0.05) is 39.0 Å². The van der Waals surface area contributed by atoms with Gasteiger partial charge in [-0.15, -0.1) is 0 Å². The van der Waals surface area contributed by atoms with Gasteiger partial charge in [-0.3, -0.25) is 77.7 Å². The molecule has 35 nitrogen and oxygen atoms in total. The van der Waals surface area contributed by atoms with E-state index in [0.717, 1.165) is 0 Å². The number of aliphatic carboxylic acids is 2. The molecule has 2 aliphatic heterocycles. The van der Waals surface area contributed by atoms with Crippen molar-refractivity contribution in [1.29, 1.82) is 5.41 Å². The second-order valence-electron chi connectivity index (χ2n) is 19.7. The van der Waals surface area contributed by atoms with Crippen LogP contribution >= 0.6 is 0 Å². The van der Waals surface area contributed by atoms with Crippen molar-refractivity contribution in [3.63, 3.8) is 0 Å². The maximum absolute atomic E-state index is 13.7. The highest BCUT2D eigenvalue weighted by Crippen LogP contribution is 2.11. The molecule has 2 fully saturated rings. The number of carbonyl (C=O) groups excluding carboxylic acids is 12. The molecule has 86 heavy (non-hydrogen) atoms. The fourth-order valence-corrected chi connectivity index (χ4v) is 7.57. The smallest absolute Gasteiger partial charge is 0.330 e. The molecule has 2 aliphatic rings. The number of carbonyl (C=O) groups is 14. The molecule has 472 valence electrons. The van der Waals surface area contributed by atoms with Gasteiger partial charge in [0.2, 0.25) is 41.4 Å². The minimum atomic E-state index is -1.72. The highest BCUT2D eigenvalue weighted by Gasteiger charge is 2.33. The van der Waals surface area contributed by atoms with Gasteiger partial charge in [0.05, 0.1) is 31.3 Å². The summed E-state index contributed by atoms with van der Waals surface area (Å²) in [5.74, 6) is -15.6. The van der Waals surface area contributed by atoms with Crippen molar-refractivity contribution in [2.45, 2.75) is 122 Å². The Hall–Kier alpha value is -10.3. The fraction of sp³-hybridized carbons (Fsp3) is 0.510. The number of hydrogen-bond acceptors (Lipinski definition) is 17. The van der Waals surface area contributed by atoms with E-state index in [1.54, 1.807) is 13.8 Å². The Bertz CT molecular complexity index is 2790. The molecule has 2 heterocycles. The van der Waals surface area contributed by atoms with Gasteiger partial charge in [-0.1, -0.05) is 26.0 Å². The van der Waals surface area contributed by atoms with Crippen molar-refractivity contribution in [2.75, 3.05) is 39.3 Å². The van der Waals surface area contributed by atoms with Crippen LogP contribution in [0.3, 0.4) is 0 Å². The minimum absolute atomic E-state index is 0.00221. The summed E-state index contributed by atoms with van der Waals surface area (Å²) in [6.07, 6.45) is 1.64. The molecule has 0 spiro atoms. The van der Waals surface area contributed by atoms with Crippen molar-refractivity contribution >= 4 is 100 Å². The number of allylic oxidation sites excluding steroid dienone is 2. The van der Waals surface area contributed by atoms with Crippen molar-refractivity contribution < 1.29 is 77.3 Å². The number of nitrogens with one attached hydrogen (secondary N) is 13. The second kappa shape index (κ2) is 37.1. The lowest BCUT2D eigenvalue weighted by Crippen LogP contribution is -2.55. The Morgan fingerprint density at radius 2 is 1.22 bits per heavy atom. The zero-order valence-electron chi connectivity index (χ0n) is 48.0. The van der Waals surface area contributed by atoms with E-state index in [2.05, 4.69) is 73.8 Å². The number of hydrogen-bond donors (Lipinski definition) is 19. The summed E-state index contributed by atoms with van der Waals surface area (Å²) < 4.78 is 0. The van der Waals surface area contributed by atoms with Gasteiger partial charge in [0.15, 0.2) is 11.9 Å². The fourth-order valence-electron chi connectivity index (χ4n) is 7.57. The van der Waals surface area contributed by atoms with Crippen molar-refractivity contribution in [3.05, 3.63) is 46.6 Å². The summed E-state index contributed by atoms with van der Waals surface area (Å²) in [4.78, 5) is 190. The minimum Gasteiger partial charge on any atom is -0.481 e. The molecular formula is C51H77N19O16. The van der Waals surface area contributed by atoms with E-state index in [9.17, 15) is 77.3 Å². The van der Waals surface area contributed by atoms with Crippen LogP contribution in [-0.4, -0.2) is 174 Å². The number of aliphatic imine (C=N–C) groups is 2. The zero-order valence-corrected chi connectivity index (χ0v) is 48.0. The first-order chi connectivity index (χ1) is 40.5. The van der Waals surface area contributed by atoms with Gasteiger partial charge in [0.25, 0.3) is 29.5 Å². The van der Waals surface area contributed by atoms with E-state index in [1.807, 2.05) is 0 Å². The predicted octanol–water partition coefficient (Wildman–Crippen LogP) is -6.49. The van der Waals surface area contributed by atoms with Crippen molar-refractivity contribution in [1.82, 2.24) is 63.8 Å². The SMILES string of the molecule is CC(C)=C1NC(=O)[C@@H](CCCN=C(N)N)NC(=O)CNC(=O)[C@@H](CC(=O)O)NC(=O)C(CCCCNC(=O)C(=N)CCC(=O)NCCC/C=C2/NC(=O)[C@H](C(C)C)NC(=O)/C(=C\CCN=C(N)N)NC(=O)CNC(=O)/C(=C/C(=O)O)NC2=O)NC1=O. The molecule has 2 rings (SSSR count). The average Bonchev–Trinajstić information content (AvgIpc) is 3.35. The molecule has 1 unspecified atom stereocenters. The van der Waals surface area contributed by atoms with Gasteiger partial charge in [0.1, 0.15) is 47.0 Å². The second-order valence-corrected chi connectivity index (χ2v) is 19.7. The van der Waals surface area contributed by atoms with Crippen molar-refractivity contribution in [2.24, 2.45) is 38.8 Å². The molecule has 0 aliphatic carbocycles.